The predicted molar refractivity (Wildman–Crippen MR) is 78.3 cm³/mol. The fourth-order valence-corrected chi connectivity index (χ4v) is 3.89. The second kappa shape index (κ2) is 6.56. The number of rotatable bonds is 6. The molecular formula is C14H22N2O3S. The van der Waals surface area contributed by atoms with Crippen molar-refractivity contribution in [2.75, 3.05) is 26.2 Å². The second-order valence-corrected chi connectivity index (χ2v) is 6.97. The maximum atomic E-state index is 12.4. The molecule has 2 N–H and O–H groups in total. The lowest BCUT2D eigenvalue weighted by atomic mass is 10.2. The van der Waals surface area contributed by atoms with Crippen LogP contribution in [-0.4, -0.2) is 39.0 Å². The highest BCUT2D eigenvalue weighted by molar-refractivity contribution is 7.89. The number of benzene rings is 1. The lowest BCUT2D eigenvalue weighted by Crippen LogP contribution is -2.27. The molecule has 2 rings (SSSR count). The normalized spacial score (nSPS) is 16.5. The highest BCUT2D eigenvalue weighted by atomic mass is 32.2. The standard InChI is InChI=1S/C14H22N2O3S/c1-12-11-13(5-6-14(12)19-10-4-7-15)20(17,18)16-8-2-3-9-16/h5-6,11H,2-4,7-10,15H2,1H3. The number of hydrogen-bond donors (Lipinski definition) is 1. The summed E-state index contributed by atoms with van der Waals surface area (Å²) in [6.45, 7) is 4.24. The summed E-state index contributed by atoms with van der Waals surface area (Å²) in [5, 5.41) is 0. The minimum absolute atomic E-state index is 0.350. The Bertz CT molecular complexity index is 552. The fourth-order valence-electron chi connectivity index (χ4n) is 2.29. The van der Waals surface area contributed by atoms with E-state index < -0.39 is 10.0 Å². The van der Waals surface area contributed by atoms with Crippen molar-refractivity contribution in [3.63, 3.8) is 0 Å². The summed E-state index contributed by atoms with van der Waals surface area (Å²) < 4.78 is 32.0. The number of ether oxygens (including phenoxy) is 1. The van der Waals surface area contributed by atoms with Crippen LogP contribution in [0.15, 0.2) is 23.1 Å². The minimum Gasteiger partial charge on any atom is -0.493 e. The molecule has 1 fully saturated rings. The molecule has 112 valence electrons. The van der Waals surface area contributed by atoms with E-state index in [4.69, 9.17) is 10.5 Å². The Morgan fingerprint density at radius 1 is 1.30 bits per heavy atom. The van der Waals surface area contributed by atoms with Crippen LogP contribution in [0, 0.1) is 6.92 Å². The van der Waals surface area contributed by atoms with E-state index in [1.54, 1.807) is 22.5 Å². The van der Waals surface area contributed by atoms with Gasteiger partial charge in [-0.3, -0.25) is 0 Å². The molecule has 1 aliphatic heterocycles. The first-order valence-corrected chi connectivity index (χ1v) is 8.43. The third kappa shape index (κ3) is 3.31. The minimum atomic E-state index is -3.35. The van der Waals surface area contributed by atoms with E-state index in [-0.39, 0.29) is 0 Å². The van der Waals surface area contributed by atoms with E-state index in [9.17, 15) is 8.42 Å². The van der Waals surface area contributed by atoms with Gasteiger partial charge in [-0.1, -0.05) is 0 Å². The quantitative estimate of drug-likeness (QED) is 0.808. The van der Waals surface area contributed by atoms with E-state index >= 15 is 0 Å². The fraction of sp³-hybridized carbons (Fsp3) is 0.571. The van der Waals surface area contributed by atoms with Crippen molar-refractivity contribution in [1.82, 2.24) is 4.31 Å². The lowest BCUT2D eigenvalue weighted by molar-refractivity contribution is 0.311. The van der Waals surface area contributed by atoms with Gasteiger partial charge < -0.3 is 10.5 Å². The van der Waals surface area contributed by atoms with Crippen LogP contribution in [0.1, 0.15) is 24.8 Å². The van der Waals surface area contributed by atoms with Gasteiger partial charge in [-0.25, -0.2) is 8.42 Å². The van der Waals surface area contributed by atoms with Crippen molar-refractivity contribution in [2.24, 2.45) is 5.73 Å². The smallest absolute Gasteiger partial charge is 0.243 e. The van der Waals surface area contributed by atoms with Gasteiger partial charge in [0.2, 0.25) is 10.0 Å². The molecule has 5 nitrogen and oxygen atoms in total. The van der Waals surface area contributed by atoms with Crippen LogP contribution in [0.4, 0.5) is 0 Å². The summed E-state index contributed by atoms with van der Waals surface area (Å²) in [7, 11) is -3.35. The molecule has 0 radical (unpaired) electrons. The largest absolute Gasteiger partial charge is 0.493 e. The SMILES string of the molecule is Cc1cc(S(=O)(=O)N2CCCC2)ccc1OCCCN. The van der Waals surface area contributed by atoms with Crippen molar-refractivity contribution in [3.05, 3.63) is 23.8 Å². The Morgan fingerprint density at radius 3 is 2.60 bits per heavy atom. The average Bonchev–Trinajstić information content (AvgIpc) is 2.95. The molecule has 1 heterocycles. The van der Waals surface area contributed by atoms with E-state index in [1.807, 2.05) is 6.92 Å². The maximum Gasteiger partial charge on any atom is 0.243 e. The molecule has 0 unspecified atom stereocenters. The number of hydrogen-bond acceptors (Lipinski definition) is 4. The van der Waals surface area contributed by atoms with Gasteiger partial charge in [-0.2, -0.15) is 4.31 Å². The highest BCUT2D eigenvalue weighted by Crippen LogP contribution is 2.26. The molecule has 0 spiro atoms. The van der Waals surface area contributed by atoms with Crippen molar-refractivity contribution in [1.29, 1.82) is 0 Å². The van der Waals surface area contributed by atoms with Crippen LogP contribution < -0.4 is 10.5 Å². The molecule has 0 atom stereocenters. The molecule has 1 aliphatic rings. The first-order chi connectivity index (χ1) is 9.55. The Hall–Kier alpha value is -1.11. The Kier molecular flexibility index (Phi) is 5.01. The molecule has 0 bridgehead atoms. The molecule has 0 saturated carbocycles. The highest BCUT2D eigenvalue weighted by Gasteiger charge is 2.27. The molecule has 1 aromatic carbocycles. The molecule has 1 aromatic rings. The summed E-state index contributed by atoms with van der Waals surface area (Å²) in [5.74, 6) is 0.721. The van der Waals surface area contributed by atoms with Crippen LogP contribution in [0.3, 0.4) is 0 Å². The number of nitrogens with zero attached hydrogens (tertiary/aromatic N) is 1. The van der Waals surface area contributed by atoms with Gasteiger partial charge in [0.25, 0.3) is 0 Å². The van der Waals surface area contributed by atoms with Crippen molar-refractivity contribution >= 4 is 10.0 Å². The van der Waals surface area contributed by atoms with Gasteiger partial charge >= 0.3 is 0 Å². The van der Waals surface area contributed by atoms with E-state index in [2.05, 4.69) is 0 Å². The molecule has 0 amide bonds. The van der Waals surface area contributed by atoms with E-state index in [0.717, 1.165) is 30.6 Å². The number of sulfonamides is 1. The summed E-state index contributed by atoms with van der Waals surface area (Å²) in [6.07, 6.45) is 2.67. The monoisotopic (exact) mass is 298 g/mol. The summed E-state index contributed by atoms with van der Waals surface area (Å²) in [5.41, 5.74) is 6.25. The van der Waals surface area contributed by atoms with Crippen LogP contribution in [0.2, 0.25) is 0 Å². The Morgan fingerprint density at radius 2 is 2.00 bits per heavy atom. The van der Waals surface area contributed by atoms with Gasteiger partial charge in [0.1, 0.15) is 5.75 Å². The van der Waals surface area contributed by atoms with Gasteiger partial charge in [0, 0.05) is 13.1 Å². The third-order valence-electron chi connectivity index (χ3n) is 3.46. The zero-order valence-electron chi connectivity index (χ0n) is 11.8. The van der Waals surface area contributed by atoms with Gasteiger partial charge in [0.15, 0.2) is 0 Å². The van der Waals surface area contributed by atoms with Crippen LogP contribution in [0.25, 0.3) is 0 Å². The number of aryl methyl sites for hydroxylation is 1. The predicted octanol–water partition coefficient (Wildman–Crippen LogP) is 1.51. The van der Waals surface area contributed by atoms with E-state index in [0.29, 0.717) is 31.1 Å². The average molecular weight is 298 g/mol. The van der Waals surface area contributed by atoms with Crippen molar-refractivity contribution in [3.8, 4) is 5.75 Å². The van der Waals surface area contributed by atoms with Crippen LogP contribution in [-0.2, 0) is 10.0 Å². The molecule has 6 heteroatoms. The third-order valence-corrected chi connectivity index (χ3v) is 5.35. The Balaban J connectivity index is 2.15. The lowest BCUT2D eigenvalue weighted by Gasteiger charge is -2.17. The van der Waals surface area contributed by atoms with E-state index in [1.165, 1.54) is 0 Å². The summed E-state index contributed by atoms with van der Waals surface area (Å²) in [4.78, 5) is 0.350. The van der Waals surface area contributed by atoms with Crippen LogP contribution >= 0.6 is 0 Å². The maximum absolute atomic E-state index is 12.4. The van der Waals surface area contributed by atoms with Gasteiger partial charge in [0.05, 0.1) is 11.5 Å². The topological polar surface area (TPSA) is 72.6 Å². The summed E-state index contributed by atoms with van der Waals surface area (Å²) in [6, 6.07) is 5.04. The molecule has 0 aromatic heterocycles. The molecular weight excluding hydrogens is 276 g/mol. The van der Waals surface area contributed by atoms with Crippen molar-refractivity contribution in [2.45, 2.75) is 31.1 Å². The molecule has 0 aliphatic carbocycles. The zero-order chi connectivity index (χ0) is 14.6. The van der Waals surface area contributed by atoms with Gasteiger partial charge in [-0.05, 0) is 56.5 Å². The first kappa shape index (κ1) is 15.3. The number of nitrogens with two attached hydrogens (primary N) is 1. The first-order valence-electron chi connectivity index (χ1n) is 6.99. The molecule has 1 saturated heterocycles. The second-order valence-electron chi connectivity index (χ2n) is 5.03. The molecule has 20 heavy (non-hydrogen) atoms. The summed E-state index contributed by atoms with van der Waals surface area (Å²) >= 11 is 0. The van der Waals surface area contributed by atoms with Crippen molar-refractivity contribution < 1.29 is 13.2 Å². The Labute approximate surface area is 120 Å². The van der Waals surface area contributed by atoms with Crippen LogP contribution in [0.5, 0.6) is 5.75 Å². The zero-order valence-corrected chi connectivity index (χ0v) is 12.7. The van der Waals surface area contributed by atoms with Gasteiger partial charge in [-0.15, -0.1) is 0 Å².